The van der Waals surface area contributed by atoms with Crippen molar-refractivity contribution >= 4 is 0 Å². The summed E-state index contributed by atoms with van der Waals surface area (Å²) in [6.07, 6.45) is -69.7. The zero-order chi connectivity index (χ0) is 33.9. The van der Waals surface area contributed by atoms with Gasteiger partial charge in [-0.3, -0.25) is 14.2 Å². The summed E-state index contributed by atoms with van der Waals surface area (Å²) in [6.45, 7) is 0. The van der Waals surface area contributed by atoms with Gasteiger partial charge in [0.1, 0.15) is 0 Å². The van der Waals surface area contributed by atoms with E-state index in [-0.39, 0.29) is 0 Å². The van der Waals surface area contributed by atoms with E-state index < -0.39 is 73.2 Å². The lowest BCUT2D eigenvalue weighted by molar-refractivity contribution is -0.609. The minimum absolute atomic E-state index is 1.04. The summed E-state index contributed by atoms with van der Waals surface area (Å²) < 4.78 is 303. The van der Waals surface area contributed by atoms with Gasteiger partial charge in [0.05, 0.1) is 6.29 Å². The lowest BCUT2D eigenvalue weighted by atomic mass is 10.2. The molecular formula is C12H2F23O6-. The van der Waals surface area contributed by atoms with Crippen LogP contribution in [0.15, 0.2) is 0 Å². The molecule has 0 bridgehead atoms. The third-order valence-corrected chi connectivity index (χ3v) is 3.56. The van der Waals surface area contributed by atoms with Gasteiger partial charge in [0.2, 0.25) is 0 Å². The van der Waals surface area contributed by atoms with E-state index in [0.29, 0.717) is 0 Å². The monoisotopic (exact) mass is 679 g/mol. The van der Waals surface area contributed by atoms with Crippen molar-refractivity contribution in [2.75, 3.05) is 0 Å². The molecule has 0 heterocycles. The van der Waals surface area contributed by atoms with Crippen LogP contribution in [0, 0.1) is 0 Å². The van der Waals surface area contributed by atoms with Crippen LogP contribution in [0.2, 0.25) is 0 Å². The number of hydrogen-bond acceptors (Lipinski definition) is 6. The molecule has 0 aliphatic carbocycles. The molecule has 0 aliphatic rings. The standard InChI is InChI=1S/C12H2F23O6/c13-2(14,1(36)37)38-3(15,6(18,19)20)9(27,28)39-4(16,7(21,22)23)10(29,30)40-5(17,8(24,25)26)11(31,32)41-12(33,34)35/h1,36H/q-1. The molecule has 0 saturated carbocycles. The van der Waals surface area contributed by atoms with Gasteiger partial charge in [-0.05, 0) is 0 Å². The summed E-state index contributed by atoms with van der Waals surface area (Å²) in [6, 6.07) is 0. The molecule has 0 aromatic rings. The number of aliphatic hydroxyl groups excluding tert-OH is 1. The van der Waals surface area contributed by atoms with Crippen molar-refractivity contribution in [1.29, 1.82) is 0 Å². The molecule has 41 heavy (non-hydrogen) atoms. The molecule has 248 valence electrons. The lowest BCUT2D eigenvalue weighted by Crippen LogP contribution is -2.71. The van der Waals surface area contributed by atoms with Crippen molar-refractivity contribution < 1.29 is 130 Å². The highest BCUT2D eigenvalue weighted by molar-refractivity contribution is 4.97. The van der Waals surface area contributed by atoms with E-state index in [0.717, 1.165) is 14.2 Å². The maximum atomic E-state index is 14.1. The Kier molecular flexibility index (Phi) is 9.93. The fraction of sp³-hybridized carbons (Fsp3) is 1.00. The molecule has 0 aliphatic heterocycles. The van der Waals surface area contributed by atoms with Crippen molar-refractivity contribution in [2.45, 2.75) is 73.2 Å². The minimum atomic E-state index is -8.79. The first-order chi connectivity index (χ1) is 17.3. The van der Waals surface area contributed by atoms with Gasteiger partial charge < -0.3 is 10.2 Å². The van der Waals surface area contributed by atoms with E-state index in [4.69, 9.17) is 5.11 Å². The normalized spacial score (nSPS) is 20.7. The summed E-state index contributed by atoms with van der Waals surface area (Å²) in [7, 11) is 0. The van der Waals surface area contributed by atoms with Crippen LogP contribution in [-0.2, 0) is 18.9 Å². The summed E-state index contributed by atoms with van der Waals surface area (Å²) in [5.74, 6) is -25.5. The number of alkyl halides is 23. The smallest absolute Gasteiger partial charge is 0.527 e. The van der Waals surface area contributed by atoms with E-state index in [1.54, 1.807) is 0 Å². The lowest BCUT2D eigenvalue weighted by Gasteiger charge is -2.43. The summed E-state index contributed by atoms with van der Waals surface area (Å²) in [5, 5.41) is 18.0. The van der Waals surface area contributed by atoms with Crippen LogP contribution in [0.25, 0.3) is 0 Å². The van der Waals surface area contributed by atoms with Crippen molar-refractivity contribution in [3.63, 3.8) is 0 Å². The van der Waals surface area contributed by atoms with Crippen LogP contribution in [0.5, 0.6) is 0 Å². The first kappa shape index (κ1) is 39.1. The SMILES string of the molecule is [O-]C(O)C(F)(F)OC(F)(C(F)(F)F)C(F)(F)OC(F)(C(F)(F)F)C(F)(F)OC(F)(C(F)(F)F)C(F)(F)OC(F)(F)F. The molecule has 0 amide bonds. The number of hydrogen-bond donors (Lipinski definition) is 1. The molecule has 1 N–H and O–H groups in total. The molecule has 6 nitrogen and oxygen atoms in total. The Balaban J connectivity index is 7.29. The molecule has 0 fully saturated rings. The predicted molar refractivity (Wildman–Crippen MR) is 65.9 cm³/mol. The Morgan fingerprint density at radius 1 is 0.390 bits per heavy atom. The van der Waals surface area contributed by atoms with Crippen LogP contribution in [-0.4, -0.2) is 78.3 Å². The Morgan fingerprint density at radius 3 is 0.805 bits per heavy atom. The fourth-order valence-corrected chi connectivity index (χ4v) is 1.78. The third kappa shape index (κ3) is 7.39. The highest BCUT2D eigenvalue weighted by Gasteiger charge is 2.88. The first-order valence-corrected chi connectivity index (χ1v) is 8.26. The van der Waals surface area contributed by atoms with Gasteiger partial charge in [-0.2, -0.15) is 87.8 Å². The van der Waals surface area contributed by atoms with Crippen molar-refractivity contribution in [3.8, 4) is 0 Å². The Morgan fingerprint density at radius 2 is 0.610 bits per heavy atom. The zero-order valence-electron chi connectivity index (χ0n) is 17.3. The summed E-state index contributed by atoms with van der Waals surface area (Å²) >= 11 is 0. The summed E-state index contributed by atoms with van der Waals surface area (Å²) in [4.78, 5) is 0. The van der Waals surface area contributed by atoms with Gasteiger partial charge in [0, 0.05) is 0 Å². The Hall–Kier alpha value is -1.85. The van der Waals surface area contributed by atoms with Crippen LogP contribution < -0.4 is 5.11 Å². The fourth-order valence-electron chi connectivity index (χ4n) is 1.78. The molecule has 0 aromatic heterocycles. The molecule has 0 saturated heterocycles. The second-order valence-electron chi connectivity index (χ2n) is 6.60. The summed E-state index contributed by atoms with van der Waals surface area (Å²) in [5.41, 5.74) is 0. The quantitative estimate of drug-likeness (QED) is 0.236. The average molecular weight is 679 g/mol. The zero-order valence-corrected chi connectivity index (χ0v) is 17.3. The van der Waals surface area contributed by atoms with Crippen molar-refractivity contribution in [3.05, 3.63) is 0 Å². The van der Waals surface area contributed by atoms with Crippen LogP contribution in [0.3, 0.4) is 0 Å². The molecule has 0 rings (SSSR count). The topological polar surface area (TPSA) is 80.2 Å². The highest BCUT2D eigenvalue weighted by atomic mass is 19.4. The molecular weight excluding hydrogens is 677 g/mol. The van der Waals surface area contributed by atoms with Gasteiger partial charge in [-0.1, -0.05) is 0 Å². The molecule has 0 radical (unpaired) electrons. The van der Waals surface area contributed by atoms with Crippen LogP contribution >= 0.6 is 0 Å². The molecule has 4 unspecified atom stereocenters. The Bertz CT molecular complexity index is 905. The van der Waals surface area contributed by atoms with Crippen LogP contribution in [0.4, 0.5) is 101 Å². The van der Waals surface area contributed by atoms with Crippen molar-refractivity contribution in [1.82, 2.24) is 0 Å². The van der Waals surface area contributed by atoms with Gasteiger partial charge in [-0.25, -0.2) is 4.74 Å². The number of ether oxygens (including phenoxy) is 4. The third-order valence-electron chi connectivity index (χ3n) is 3.56. The number of rotatable bonds is 11. The predicted octanol–water partition coefficient (Wildman–Crippen LogP) is 5.31. The number of halogens is 23. The van der Waals surface area contributed by atoms with Gasteiger partial charge >= 0.3 is 66.9 Å². The molecule has 4 atom stereocenters. The molecule has 0 aromatic carbocycles. The van der Waals surface area contributed by atoms with E-state index >= 15 is 0 Å². The molecule has 29 heteroatoms. The average Bonchev–Trinajstić information content (AvgIpc) is 2.61. The van der Waals surface area contributed by atoms with Gasteiger partial charge in [-0.15, -0.1) is 13.2 Å². The van der Waals surface area contributed by atoms with E-state index in [1.165, 1.54) is 4.74 Å². The van der Waals surface area contributed by atoms with Crippen molar-refractivity contribution in [2.24, 2.45) is 0 Å². The Labute approximate surface area is 205 Å². The van der Waals surface area contributed by atoms with E-state index in [1.807, 2.05) is 0 Å². The second-order valence-corrected chi connectivity index (χ2v) is 6.60. The van der Waals surface area contributed by atoms with Gasteiger partial charge in [0.15, 0.2) is 0 Å². The van der Waals surface area contributed by atoms with E-state index in [9.17, 15) is 106 Å². The first-order valence-electron chi connectivity index (χ1n) is 8.26. The van der Waals surface area contributed by atoms with E-state index in [2.05, 4.69) is 0 Å². The van der Waals surface area contributed by atoms with Crippen LogP contribution in [0.1, 0.15) is 0 Å². The van der Waals surface area contributed by atoms with Gasteiger partial charge in [0.25, 0.3) is 0 Å². The largest absolute Gasteiger partial charge is 0.825 e. The maximum absolute atomic E-state index is 14.1. The minimum Gasteiger partial charge on any atom is -0.825 e. The molecule has 0 spiro atoms. The second kappa shape index (κ2) is 10.4. The maximum Gasteiger partial charge on any atom is 0.527 e. The highest BCUT2D eigenvalue weighted by Crippen LogP contribution is 2.59. The number of aliphatic hydroxyl groups is 1.